The van der Waals surface area contributed by atoms with E-state index in [1.165, 1.54) is 25.7 Å². The van der Waals surface area contributed by atoms with Crippen molar-refractivity contribution in [3.63, 3.8) is 0 Å². The van der Waals surface area contributed by atoms with Crippen molar-refractivity contribution >= 4 is 27.8 Å². The average Bonchev–Trinajstić information content (AvgIpc) is 2.71. The van der Waals surface area contributed by atoms with Gasteiger partial charge in [-0.05, 0) is 60.3 Å². The van der Waals surface area contributed by atoms with Crippen molar-refractivity contribution in [2.45, 2.75) is 64.9 Å². The van der Waals surface area contributed by atoms with Crippen LogP contribution in [0.4, 0.5) is 5.95 Å². The molecule has 0 saturated carbocycles. The second-order valence-corrected chi connectivity index (χ2v) is 8.83. The maximum absolute atomic E-state index is 11.2. The zero-order valence-corrected chi connectivity index (χ0v) is 19.7. The number of aliphatic carboxylic acids is 1. The number of rotatable bonds is 13. The highest BCUT2D eigenvalue weighted by molar-refractivity contribution is 9.10. The van der Waals surface area contributed by atoms with E-state index < -0.39 is 11.6 Å². The van der Waals surface area contributed by atoms with Gasteiger partial charge in [0.25, 0.3) is 0 Å². The lowest BCUT2D eigenvalue weighted by atomic mass is 10.1. The maximum atomic E-state index is 11.2. The standard InChI is InChI=1S/C23H32BrN3O3/c1-4-5-6-7-8-14-27(22-25-16-19(24)17-26-22)15-13-18-9-11-20(12-10-18)30-23(2,3)21(28)29/h9-12,16-17H,4-8,13-15H2,1-3H3,(H,28,29). The van der Waals surface area contributed by atoms with E-state index in [9.17, 15) is 9.90 Å². The molecule has 0 fully saturated rings. The van der Waals surface area contributed by atoms with E-state index in [4.69, 9.17) is 4.74 Å². The number of anilines is 1. The molecule has 0 saturated heterocycles. The highest BCUT2D eigenvalue weighted by Gasteiger charge is 2.29. The zero-order valence-electron chi connectivity index (χ0n) is 18.1. The highest BCUT2D eigenvalue weighted by atomic mass is 79.9. The molecule has 6 nitrogen and oxygen atoms in total. The minimum atomic E-state index is -1.25. The molecular formula is C23H32BrN3O3. The molecule has 1 heterocycles. The molecule has 0 bridgehead atoms. The highest BCUT2D eigenvalue weighted by Crippen LogP contribution is 2.20. The number of aromatic nitrogens is 2. The van der Waals surface area contributed by atoms with Crippen LogP contribution in [-0.2, 0) is 11.2 Å². The van der Waals surface area contributed by atoms with Crippen LogP contribution in [0.15, 0.2) is 41.1 Å². The predicted molar refractivity (Wildman–Crippen MR) is 123 cm³/mol. The Kier molecular flexibility index (Phi) is 9.56. The number of carbonyl (C=O) groups is 1. The van der Waals surface area contributed by atoms with Gasteiger partial charge in [-0.1, -0.05) is 44.7 Å². The van der Waals surface area contributed by atoms with Gasteiger partial charge in [0.15, 0.2) is 5.60 Å². The van der Waals surface area contributed by atoms with Crippen molar-refractivity contribution in [2.24, 2.45) is 0 Å². The Bertz CT molecular complexity index is 779. The lowest BCUT2D eigenvalue weighted by molar-refractivity contribution is -0.152. The maximum Gasteiger partial charge on any atom is 0.347 e. The second-order valence-electron chi connectivity index (χ2n) is 7.91. The molecular weight excluding hydrogens is 446 g/mol. The van der Waals surface area contributed by atoms with Crippen LogP contribution in [0, 0.1) is 0 Å². The van der Waals surface area contributed by atoms with Crippen LogP contribution < -0.4 is 9.64 Å². The van der Waals surface area contributed by atoms with Crippen LogP contribution in [0.2, 0.25) is 0 Å². The lowest BCUT2D eigenvalue weighted by Crippen LogP contribution is -2.37. The number of ether oxygens (including phenoxy) is 1. The van der Waals surface area contributed by atoms with E-state index in [2.05, 4.69) is 37.7 Å². The van der Waals surface area contributed by atoms with Crippen LogP contribution in [0.3, 0.4) is 0 Å². The number of unbranched alkanes of at least 4 members (excludes halogenated alkanes) is 4. The van der Waals surface area contributed by atoms with Crippen molar-refractivity contribution in [3.8, 4) is 5.75 Å². The van der Waals surface area contributed by atoms with E-state index in [0.29, 0.717) is 5.75 Å². The fourth-order valence-electron chi connectivity index (χ4n) is 3.01. The van der Waals surface area contributed by atoms with E-state index in [1.54, 1.807) is 26.2 Å². The first kappa shape index (κ1) is 24.1. The summed E-state index contributed by atoms with van der Waals surface area (Å²) in [5.74, 6) is 0.308. The van der Waals surface area contributed by atoms with Crippen molar-refractivity contribution in [1.82, 2.24) is 9.97 Å². The van der Waals surface area contributed by atoms with Gasteiger partial charge in [-0.2, -0.15) is 0 Å². The SMILES string of the molecule is CCCCCCCN(CCc1ccc(OC(C)(C)C(=O)O)cc1)c1ncc(Br)cn1. The third kappa shape index (κ3) is 7.94. The van der Waals surface area contributed by atoms with E-state index >= 15 is 0 Å². The smallest absolute Gasteiger partial charge is 0.347 e. The Hall–Kier alpha value is -2.15. The molecule has 0 aliphatic carbocycles. The molecule has 164 valence electrons. The first-order valence-electron chi connectivity index (χ1n) is 10.6. The van der Waals surface area contributed by atoms with Crippen LogP contribution in [0.25, 0.3) is 0 Å². The summed E-state index contributed by atoms with van der Waals surface area (Å²) in [5.41, 5.74) is -0.0989. The largest absolute Gasteiger partial charge is 0.478 e. The molecule has 7 heteroatoms. The Morgan fingerprint density at radius 2 is 1.70 bits per heavy atom. The lowest BCUT2D eigenvalue weighted by Gasteiger charge is -2.23. The molecule has 2 aromatic rings. The number of benzene rings is 1. The molecule has 2 rings (SSSR count). The predicted octanol–water partition coefficient (Wildman–Crippen LogP) is 5.50. The summed E-state index contributed by atoms with van der Waals surface area (Å²) < 4.78 is 6.44. The third-order valence-electron chi connectivity index (χ3n) is 4.90. The summed E-state index contributed by atoms with van der Waals surface area (Å²) in [5, 5.41) is 9.20. The summed E-state index contributed by atoms with van der Waals surface area (Å²) in [7, 11) is 0. The third-order valence-corrected chi connectivity index (χ3v) is 5.31. The number of carboxylic acid groups (broad SMARTS) is 1. The first-order chi connectivity index (χ1) is 14.3. The zero-order chi connectivity index (χ0) is 22.0. The molecule has 30 heavy (non-hydrogen) atoms. The van der Waals surface area contributed by atoms with Crippen molar-refractivity contribution in [2.75, 3.05) is 18.0 Å². The Morgan fingerprint density at radius 1 is 1.07 bits per heavy atom. The number of nitrogens with zero attached hydrogens (tertiary/aromatic N) is 3. The molecule has 0 unspecified atom stereocenters. The minimum absolute atomic E-state index is 0.551. The molecule has 0 radical (unpaired) electrons. The number of hydrogen-bond acceptors (Lipinski definition) is 5. The topological polar surface area (TPSA) is 75.5 Å². The number of carboxylic acids is 1. The van der Waals surface area contributed by atoms with Crippen LogP contribution in [0.1, 0.15) is 58.4 Å². The van der Waals surface area contributed by atoms with Gasteiger partial charge >= 0.3 is 5.97 Å². The van der Waals surface area contributed by atoms with E-state index in [-0.39, 0.29) is 0 Å². The number of halogens is 1. The summed E-state index contributed by atoms with van der Waals surface area (Å²) in [6.07, 6.45) is 10.5. The van der Waals surface area contributed by atoms with Crippen LogP contribution in [0.5, 0.6) is 5.75 Å². The van der Waals surface area contributed by atoms with Gasteiger partial charge in [0.05, 0.1) is 4.47 Å². The van der Waals surface area contributed by atoms with Crippen LogP contribution >= 0.6 is 15.9 Å². The van der Waals surface area contributed by atoms with Crippen LogP contribution in [-0.4, -0.2) is 39.7 Å². The summed E-state index contributed by atoms with van der Waals surface area (Å²) in [6, 6.07) is 7.61. The van der Waals surface area contributed by atoms with Gasteiger partial charge in [0.2, 0.25) is 5.95 Å². The quantitative estimate of drug-likeness (QED) is 0.383. The molecule has 0 atom stereocenters. The van der Waals surface area contributed by atoms with Gasteiger partial charge in [0.1, 0.15) is 5.75 Å². The normalized spacial score (nSPS) is 11.3. The summed E-state index contributed by atoms with van der Waals surface area (Å²) >= 11 is 3.40. The van der Waals surface area contributed by atoms with Crippen molar-refractivity contribution in [3.05, 3.63) is 46.7 Å². The van der Waals surface area contributed by atoms with Gasteiger partial charge in [-0.15, -0.1) is 0 Å². The molecule has 0 aliphatic rings. The Labute approximate surface area is 187 Å². The first-order valence-corrected chi connectivity index (χ1v) is 11.3. The Balaban J connectivity index is 1.96. The molecule has 0 aliphatic heterocycles. The van der Waals surface area contributed by atoms with Gasteiger partial charge in [-0.3, -0.25) is 0 Å². The Morgan fingerprint density at radius 3 is 2.30 bits per heavy atom. The molecule has 0 spiro atoms. The average molecular weight is 478 g/mol. The molecule has 0 amide bonds. The van der Waals surface area contributed by atoms with E-state index in [0.717, 1.165) is 41.9 Å². The summed E-state index contributed by atoms with van der Waals surface area (Å²) in [4.78, 5) is 22.4. The number of hydrogen-bond donors (Lipinski definition) is 1. The molecule has 1 aromatic heterocycles. The van der Waals surface area contributed by atoms with Gasteiger partial charge in [0, 0.05) is 25.5 Å². The van der Waals surface area contributed by atoms with E-state index in [1.807, 2.05) is 24.3 Å². The summed E-state index contributed by atoms with van der Waals surface area (Å²) in [6.45, 7) is 7.05. The second kappa shape index (κ2) is 11.9. The molecule has 1 aromatic carbocycles. The van der Waals surface area contributed by atoms with Gasteiger partial charge < -0.3 is 14.7 Å². The fourth-order valence-corrected chi connectivity index (χ4v) is 3.22. The molecule has 1 N–H and O–H groups in total. The van der Waals surface area contributed by atoms with Gasteiger partial charge in [-0.25, -0.2) is 14.8 Å². The van der Waals surface area contributed by atoms with Crippen molar-refractivity contribution < 1.29 is 14.6 Å². The fraction of sp³-hybridized carbons (Fsp3) is 0.522. The monoisotopic (exact) mass is 477 g/mol. The minimum Gasteiger partial charge on any atom is -0.478 e. The van der Waals surface area contributed by atoms with Crippen molar-refractivity contribution in [1.29, 1.82) is 0 Å².